The van der Waals surface area contributed by atoms with Gasteiger partial charge in [0.15, 0.2) is 11.1 Å². The number of aromatic carboxylic acids is 1. The van der Waals surface area contributed by atoms with Crippen LogP contribution in [0.5, 0.6) is 23.0 Å². The third-order valence-corrected chi connectivity index (χ3v) is 11.7. The predicted molar refractivity (Wildman–Crippen MR) is 281 cm³/mol. The van der Waals surface area contributed by atoms with Crippen LogP contribution < -0.4 is 48.9 Å². The lowest BCUT2D eigenvalue weighted by Crippen LogP contribution is -2.52. The summed E-state index contributed by atoms with van der Waals surface area (Å²) in [5.74, 6) is -8.36. The van der Waals surface area contributed by atoms with Crippen LogP contribution >= 0.6 is 12.4 Å². The molecule has 0 aliphatic carbocycles. The number of nitro groups is 2. The molecular weight excluding hydrogens is 1130 g/mol. The van der Waals surface area contributed by atoms with Gasteiger partial charge in [0.1, 0.15) is 57.6 Å². The van der Waals surface area contributed by atoms with E-state index in [1.54, 1.807) is 6.07 Å². The molecule has 34 nitrogen and oxygen atoms in total. The lowest BCUT2D eigenvalue weighted by molar-refractivity contribution is -0.385. The van der Waals surface area contributed by atoms with E-state index in [0.29, 0.717) is 12.8 Å². The maximum atomic E-state index is 12.3. The number of rotatable bonds is 8. The number of benzene rings is 4. The van der Waals surface area contributed by atoms with Crippen molar-refractivity contribution in [2.24, 2.45) is 5.73 Å². The third-order valence-electron chi connectivity index (χ3n) is 11.7. The van der Waals surface area contributed by atoms with E-state index in [9.17, 15) is 93.1 Å². The predicted octanol–water partition coefficient (Wildman–Crippen LogP) is -1.01. The number of amides is 10. The van der Waals surface area contributed by atoms with Crippen LogP contribution in [0, 0.1) is 20.2 Å². The van der Waals surface area contributed by atoms with E-state index in [2.05, 4.69) is 36.9 Å². The second kappa shape index (κ2) is 28.7. The van der Waals surface area contributed by atoms with Gasteiger partial charge in [-0.05, 0) is 62.1 Å². The van der Waals surface area contributed by atoms with Gasteiger partial charge in [0.25, 0.3) is 34.7 Å². The summed E-state index contributed by atoms with van der Waals surface area (Å²) in [4.78, 5) is 155. The van der Waals surface area contributed by atoms with Crippen LogP contribution in [-0.4, -0.2) is 134 Å². The van der Waals surface area contributed by atoms with Gasteiger partial charge in [-0.2, -0.15) is 4.68 Å². The Bertz CT molecular complexity index is 3500. The average molecular weight is 1180 g/mol. The first-order chi connectivity index (χ1) is 38.7. The van der Waals surface area contributed by atoms with E-state index >= 15 is 0 Å². The highest BCUT2D eigenvalue weighted by molar-refractivity contribution is 6.08. The maximum Gasteiger partial charge on any atom is 0.346 e. The molecule has 35 heteroatoms. The molecule has 10 amide bonds. The number of piperidine rings is 4. The molecule has 4 unspecified atom stereocenters. The summed E-state index contributed by atoms with van der Waals surface area (Å²) in [7, 11) is 0. The zero-order chi connectivity index (χ0) is 60.7. The Kier molecular flexibility index (Phi) is 22.3. The van der Waals surface area contributed by atoms with Gasteiger partial charge in [0, 0.05) is 43.5 Å². The number of nitrogen functional groups attached to an aromatic ring is 1. The van der Waals surface area contributed by atoms with Gasteiger partial charge in [0.2, 0.25) is 41.4 Å². The summed E-state index contributed by atoms with van der Waals surface area (Å²) in [6, 6.07) is 12.3. The molecule has 438 valence electrons. The molecule has 0 saturated carbocycles. The number of anilines is 1. The fourth-order valence-corrected chi connectivity index (χ4v) is 7.65. The smallest absolute Gasteiger partial charge is 0.346 e. The number of nitrogens with one attached hydrogen (secondary N) is 6. The van der Waals surface area contributed by atoms with E-state index in [0.717, 1.165) is 28.9 Å². The quantitative estimate of drug-likeness (QED) is 0.0383. The van der Waals surface area contributed by atoms with Gasteiger partial charge in [-0.25, -0.2) is 4.79 Å². The fraction of sp³-hybridized carbons (Fsp3) is 0.250. The topological polar surface area (TPSA) is 547 Å². The minimum absolute atomic E-state index is 0. The van der Waals surface area contributed by atoms with E-state index in [1.807, 2.05) is 5.32 Å². The minimum Gasteiger partial charge on any atom is -0.507 e. The van der Waals surface area contributed by atoms with Gasteiger partial charge in [0.05, 0.1) is 15.9 Å². The highest BCUT2D eigenvalue weighted by atomic mass is 35.5. The van der Waals surface area contributed by atoms with Crippen LogP contribution in [0.15, 0.2) is 77.6 Å². The van der Waals surface area contributed by atoms with Crippen molar-refractivity contribution in [1.29, 1.82) is 0 Å². The van der Waals surface area contributed by atoms with Crippen LogP contribution in [0.1, 0.15) is 88.5 Å². The summed E-state index contributed by atoms with van der Waals surface area (Å²) in [5.41, 5.74) is 8.17. The van der Waals surface area contributed by atoms with Crippen LogP contribution in [0.2, 0.25) is 0 Å². The highest BCUT2D eigenvalue weighted by Gasteiger charge is 2.34. The van der Waals surface area contributed by atoms with E-state index in [4.69, 9.17) is 21.7 Å². The van der Waals surface area contributed by atoms with E-state index in [1.165, 1.54) is 42.5 Å². The first-order valence-electron chi connectivity index (χ1n) is 23.7. The van der Waals surface area contributed by atoms with Crippen molar-refractivity contribution in [3.05, 3.63) is 120 Å². The summed E-state index contributed by atoms with van der Waals surface area (Å²) in [6.45, 7) is 0. The second-order valence-corrected chi connectivity index (χ2v) is 17.4. The van der Waals surface area contributed by atoms with Gasteiger partial charge < -0.3 is 47.6 Å². The largest absolute Gasteiger partial charge is 0.507 e. The second-order valence-electron chi connectivity index (χ2n) is 17.4. The summed E-state index contributed by atoms with van der Waals surface area (Å²) in [6.07, 6.45) is 1.69. The number of phenols is 4. The first-order valence-corrected chi connectivity index (χ1v) is 23.7. The van der Waals surface area contributed by atoms with Crippen LogP contribution in [0.3, 0.4) is 0 Å². The number of fused-ring (bicyclic) bond motifs is 1. The van der Waals surface area contributed by atoms with Crippen molar-refractivity contribution in [3.8, 4) is 23.0 Å². The molecule has 4 aliphatic heterocycles. The van der Waals surface area contributed by atoms with Crippen LogP contribution in [0.25, 0.3) is 10.9 Å². The molecule has 5 heterocycles. The molecular formula is C48H48ClN13O21. The number of phenolic OH excluding ortho intramolecular Hbond substituents is 3. The Labute approximate surface area is 469 Å². The van der Waals surface area contributed by atoms with Crippen molar-refractivity contribution in [2.45, 2.75) is 75.5 Å². The van der Waals surface area contributed by atoms with E-state index in [-0.39, 0.29) is 108 Å². The number of hydrogen-bond acceptors (Lipinski definition) is 24. The van der Waals surface area contributed by atoms with E-state index < -0.39 is 115 Å². The zero-order valence-electron chi connectivity index (χ0n) is 42.5. The lowest BCUT2D eigenvalue weighted by Gasteiger charge is -2.22. The summed E-state index contributed by atoms with van der Waals surface area (Å²) in [5, 5.41) is 88.4. The highest BCUT2D eigenvalue weighted by Crippen LogP contribution is 2.29. The van der Waals surface area contributed by atoms with Gasteiger partial charge >= 0.3 is 5.97 Å². The number of carboxylic acids is 1. The fourth-order valence-electron chi connectivity index (χ4n) is 7.65. The molecule has 0 radical (unpaired) electrons. The van der Waals surface area contributed by atoms with Gasteiger partial charge in [-0.15, -0.1) is 17.5 Å². The number of carboxylic acid groups (broad SMARTS) is 1. The number of aromatic nitrogens is 3. The Morgan fingerprint density at radius 2 is 0.976 bits per heavy atom. The Hall–Kier alpha value is -11.0. The molecule has 0 bridgehead atoms. The SMILES string of the molecule is Cl.NC1CCC(=O)NC1=O.Nc1cccc(O)c1C(=O)NC1CCC(=O)NC1=O.O=C(O)c1c(O)cccc1[N+](=O)[O-].O=C1CCC(NC(=O)c2c(O)cccc2[N+](=O)[O-])C(=O)N1.O=C1CCC(n2nnc3cccc(O)c3c2=O)C(=O)N1. The number of carbonyl (C=O) groups is 11. The number of halogens is 1. The molecule has 0 spiro atoms. The zero-order valence-corrected chi connectivity index (χ0v) is 43.3. The molecule has 4 fully saturated rings. The van der Waals surface area contributed by atoms with Crippen molar-refractivity contribution >= 4 is 105 Å². The summed E-state index contributed by atoms with van der Waals surface area (Å²) >= 11 is 0. The van der Waals surface area contributed by atoms with Crippen molar-refractivity contribution in [1.82, 2.24) is 46.9 Å². The molecule has 15 N–H and O–H groups in total. The molecule has 4 atom stereocenters. The molecule has 4 aliphatic rings. The number of aromatic hydroxyl groups is 4. The monoisotopic (exact) mass is 1180 g/mol. The number of imide groups is 4. The normalized spacial score (nSPS) is 18.0. The molecule has 9 rings (SSSR count). The molecule has 1 aromatic heterocycles. The number of nitro benzene ring substituents is 2. The number of nitrogens with zero attached hydrogens (tertiary/aromatic N) is 5. The molecule has 4 saturated heterocycles. The Morgan fingerprint density at radius 3 is 1.42 bits per heavy atom. The van der Waals surface area contributed by atoms with Crippen molar-refractivity contribution in [3.63, 3.8) is 0 Å². The standard InChI is InChI=1S/C12H10N4O4.C12H11N3O6.C12H13N3O4.C7H5NO5.C5H8N2O2.ClH/c17-8-3-1-2-6-10(8)12(20)16(15-14-6)7-4-5-9(18)13-11(7)19;16-8-3-1-2-7(15(20)21)10(8)12(19)13-6-4-5-9(17)14-11(6)18;13-6-2-1-3-8(16)10(6)12(19)14-7-4-5-9(17)15-11(7)18;9-5-3-1-2-4(8(12)13)6(5)7(10)11;6-3-1-2-4(8)7-5(3)9;/h1-3,7,17H,4-5H2,(H,13,18,19);1-3,6,16H,4-5H2,(H,13,19)(H,14,17,18);1-3,7,16H,4-5,13H2,(H,14,19)(H,15,17,18);1-3,9H,(H,10,11);3H,1-2,6H2,(H,7,8,9);1H. The van der Waals surface area contributed by atoms with Crippen LogP contribution in [-0.2, 0) is 38.4 Å². The third kappa shape index (κ3) is 16.7. The van der Waals surface area contributed by atoms with Crippen molar-refractivity contribution in [2.75, 3.05) is 5.73 Å². The average Bonchev–Trinajstić information content (AvgIpc) is 3.51. The number of carbonyl (C=O) groups excluding carboxylic acids is 10. The Balaban J connectivity index is 0.000000228. The summed E-state index contributed by atoms with van der Waals surface area (Å²) < 4.78 is 0.907. The number of nitrogens with two attached hydrogens (primary N) is 2. The lowest BCUT2D eigenvalue weighted by atomic mass is 10.0. The Morgan fingerprint density at radius 1 is 0.566 bits per heavy atom. The molecule has 4 aromatic carbocycles. The molecule has 5 aromatic rings. The first kappa shape index (κ1) is 64.5. The minimum atomic E-state index is -1.52. The van der Waals surface area contributed by atoms with Gasteiger partial charge in [-0.1, -0.05) is 29.5 Å². The maximum absolute atomic E-state index is 12.3. The molecule has 83 heavy (non-hydrogen) atoms. The number of hydrogen-bond donors (Lipinski definition) is 13. The van der Waals surface area contributed by atoms with Gasteiger partial charge in [-0.3, -0.25) is 94.2 Å². The van der Waals surface area contributed by atoms with Crippen molar-refractivity contribution < 1.29 is 88.1 Å². The van der Waals surface area contributed by atoms with Crippen LogP contribution in [0.4, 0.5) is 17.1 Å².